The highest BCUT2D eigenvalue weighted by Gasteiger charge is 2.31. The third-order valence-electron chi connectivity index (χ3n) is 3.85. The fourth-order valence-corrected chi connectivity index (χ4v) is 2.68. The van der Waals surface area contributed by atoms with Gasteiger partial charge in [-0.1, -0.05) is 30.3 Å². The second-order valence-corrected chi connectivity index (χ2v) is 5.32. The van der Waals surface area contributed by atoms with E-state index in [4.69, 9.17) is 0 Å². The molecule has 0 spiro atoms. The molecule has 0 fully saturated rings. The number of carbonyl (C=O) groups excluding carboxylic acids is 1. The van der Waals surface area contributed by atoms with E-state index in [0.29, 0.717) is 13.1 Å². The van der Waals surface area contributed by atoms with Crippen LogP contribution in [0.15, 0.2) is 48.5 Å². The standard InChI is InChI=1S/C17H14F3NO/c18-17(19,20)15-7-3-6-13(10-15)16(22)21-9-8-12-4-1-2-5-14(12)11-21/h1-7,10H,8-9,11H2. The van der Waals surface area contributed by atoms with Crippen LogP contribution in [0, 0.1) is 0 Å². The van der Waals surface area contributed by atoms with E-state index in [1.165, 1.54) is 17.7 Å². The van der Waals surface area contributed by atoms with Gasteiger partial charge in [0.05, 0.1) is 5.56 Å². The minimum Gasteiger partial charge on any atom is -0.334 e. The molecule has 0 saturated heterocycles. The quantitative estimate of drug-likeness (QED) is 0.782. The van der Waals surface area contributed by atoms with Crippen LogP contribution >= 0.6 is 0 Å². The summed E-state index contributed by atoms with van der Waals surface area (Å²) in [7, 11) is 0. The van der Waals surface area contributed by atoms with Crippen molar-refractivity contribution in [1.29, 1.82) is 0 Å². The van der Waals surface area contributed by atoms with Gasteiger partial charge < -0.3 is 4.90 Å². The fraction of sp³-hybridized carbons (Fsp3) is 0.235. The molecule has 22 heavy (non-hydrogen) atoms. The molecule has 0 aliphatic carbocycles. The minimum atomic E-state index is -4.44. The molecule has 1 amide bonds. The summed E-state index contributed by atoms with van der Waals surface area (Å²) < 4.78 is 38.2. The number of halogens is 3. The molecule has 114 valence electrons. The Hall–Kier alpha value is -2.30. The first kappa shape index (κ1) is 14.6. The lowest BCUT2D eigenvalue weighted by Gasteiger charge is -2.29. The molecular weight excluding hydrogens is 291 g/mol. The van der Waals surface area contributed by atoms with Gasteiger partial charge in [-0.05, 0) is 35.7 Å². The zero-order chi connectivity index (χ0) is 15.7. The second kappa shape index (κ2) is 5.48. The van der Waals surface area contributed by atoms with E-state index in [2.05, 4.69) is 0 Å². The first-order valence-electron chi connectivity index (χ1n) is 6.98. The van der Waals surface area contributed by atoms with Crippen molar-refractivity contribution in [1.82, 2.24) is 4.90 Å². The second-order valence-electron chi connectivity index (χ2n) is 5.32. The Morgan fingerprint density at radius 2 is 1.73 bits per heavy atom. The van der Waals surface area contributed by atoms with Crippen LogP contribution in [-0.4, -0.2) is 17.4 Å². The highest BCUT2D eigenvalue weighted by molar-refractivity contribution is 5.94. The van der Waals surface area contributed by atoms with E-state index in [9.17, 15) is 18.0 Å². The number of fused-ring (bicyclic) bond motifs is 1. The number of benzene rings is 2. The van der Waals surface area contributed by atoms with Gasteiger partial charge in [0.1, 0.15) is 0 Å². The highest BCUT2D eigenvalue weighted by atomic mass is 19.4. The van der Waals surface area contributed by atoms with Crippen LogP contribution in [0.3, 0.4) is 0 Å². The molecule has 0 bridgehead atoms. The zero-order valence-electron chi connectivity index (χ0n) is 11.7. The van der Waals surface area contributed by atoms with E-state index < -0.39 is 11.7 Å². The Morgan fingerprint density at radius 1 is 1.00 bits per heavy atom. The molecule has 5 heteroatoms. The molecule has 2 aromatic rings. The smallest absolute Gasteiger partial charge is 0.334 e. The van der Waals surface area contributed by atoms with Gasteiger partial charge in [0.15, 0.2) is 0 Å². The summed E-state index contributed by atoms with van der Waals surface area (Å²) in [5.41, 5.74) is 1.52. The molecule has 1 aliphatic heterocycles. The lowest BCUT2D eigenvalue weighted by atomic mass is 9.99. The van der Waals surface area contributed by atoms with Crippen molar-refractivity contribution >= 4 is 5.91 Å². The lowest BCUT2D eigenvalue weighted by Crippen LogP contribution is -2.36. The average molecular weight is 305 g/mol. The predicted molar refractivity (Wildman–Crippen MR) is 76.3 cm³/mol. The van der Waals surface area contributed by atoms with Crippen molar-refractivity contribution in [2.24, 2.45) is 0 Å². The molecular formula is C17H14F3NO. The van der Waals surface area contributed by atoms with E-state index >= 15 is 0 Å². The molecule has 1 aliphatic rings. The number of carbonyl (C=O) groups is 1. The van der Waals surface area contributed by atoms with Gasteiger partial charge in [-0.2, -0.15) is 13.2 Å². The topological polar surface area (TPSA) is 20.3 Å². The third-order valence-corrected chi connectivity index (χ3v) is 3.85. The van der Waals surface area contributed by atoms with Gasteiger partial charge in [-0.25, -0.2) is 0 Å². The first-order chi connectivity index (χ1) is 10.4. The van der Waals surface area contributed by atoms with Crippen LogP contribution in [0.25, 0.3) is 0 Å². The van der Waals surface area contributed by atoms with E-state index in [1.807, 2.05) is 24.3 Å². The Balaban J connectivity index is 1.84. The van der Waals surface area contributed by atoms with Crippen LogP contribution in [0.4, 0.5) is 13.2 Å². The number of hydrogen-bond donors (Lipinski definition) is 0. The third kappa shape index (κ3) is 2.84. The lowest BCUT2D eigenvalue weighted by molar-refractivity contribution is -0.137. The monoisotopic (exact) mass is 305 g/mol. The Kier molecular flexibility index (Phi) is 3.64. The van der Waals surface area contributed by atoms with Crippen LogP contribution < -0.4 is 0 Å². The maximum Gasteiger partial charge on any atom is 0.416 e. The zero-order valence-corrected chi connectivity index (χ0v) is 11.7. The largest absolute Gasteiger partial charge is 0.416 e. The van der Waals surface area contributed by atoms with Gasteiger partial charge in [0.25, 0.3) is 5.91 Å². The summed E-state index contributed by atoms with van der Waals surface area (Å²) in [6.07, 6.45) is -3.72. The number of nitrogens with zero attached hydrogens (tertiary/aromatic N) is 1. The van der Waals surface area contributed by atoms with Gasteiger partial charge in [-0.3, -0.25) is 4.79 Å². The molecule has 2 aromatic carbocycles. The number of hydrogen-bond acceptors (Lipinski definition) is 1. The van der Waals surface area contributed by atoms with Crippen molar-refractivity contribution in [2.75, 3.05) is 6.54 Å². The summed E-state index contributed by atoms with van der Waals surface area (Å²) in [5.74, 6) is -0.361. The highest BCUT2D eigenvalue weighted by Crippen LogP contribution is 2.30. The van der Waals surface area contributed by atoms with Crippen LogP contribution in [0.2, 0.25) is 0 Å². The average Bonchev–Trinajstić information content (AvgIpc) is 2.53. The Labute approximate surface area is 126 Å². The molecule has 0 saturated carbocycles. The van der Waals surface area contributed by atoms with Crippen LogP contribution in [0.5, 0.6) is 0 Å². The maximum atomic E-state index is 12.7. The van der Waals surface area contributed by atoms with Gasteiger partial charge in [0, 0.05) is 18.7 Å². The van der Waals surface area contributed by atoms with Crippen molar-refractivity contribution in [3.8, 4) is 0 Å². The van der Waals surface area contributed by atoms with Gasteiger partial charge >= 0.3 is 6.18 Å². The van der Waals surface area contributed by atoms with Crippen molar-refractivity contribution in [2.45, 2.75) is 19.1 Å². The normalized spacial score (nSPS) is 14.6. The Morgan fingerprint density at radius 3 is 2.45 bits per heavy atom. The fourth-order valence-electron chi connectivity index (χ4n) is 2.68. The molecule has 0 N–H and O–H groups in total. The summed E-state index contributed by atoms with van der Waals surface area (Å²) in [4.78, 5) is 14.0. The van der Waals surface area contributed by atoms with E-state index in [1.54, 1.807) is 4.90 Å². The van der Waals surface area contributed by atoms with Crippen molar-refractivity contribution < 1.29 is 18.0 Å². The number of rotatable bonds is 1. The molecule has 0 atom stereocenters. The van der Waals surface area contributed by atoms with E-state index in [-0.39, 0.29) is 11.5 Å². The van der Waals surface area contributed by atoms with Gasteiger partial charge in [0.2, 0.25) is 0 Å². The molecule has 3 rings (SSSR count). The molecule has 0 aromatic heterocycles. The molecule has 1 heterocycles. The SMILES string of the molecule is O=C(c1cccc(C(F)(F)F)c1)N1CCc2ccccc2C1. The van der Waals surface area contributed by atoms with Crippen molar-refractivity contribution in [3.63, 3.8) is 0 Å². The summed E-state index contributed by atoms with van der Waals surface area (Å²) >= 11 is 0. The number of alkyl halides is 3. The van der Waals surface area contributed by atoms with Gasteiger partial charge in [-0.15, -0.1) is 0 Å². The van der Waals surface area contributed by atoms with E-state index in [0.717, 1.165) is 24.1 Å². The van der Waals surface area contributed by atoms with Crippen LogP contribution in [0.1, 0.15) is 27.0 Å². The summed E-state index contributed by atoms with van der Waals surface area (Å²) in [5, 5.41) is 0. The molecule has 0 unspecified atom stereocenters. The minimum absolute atomic E-state index is 0.0780. The van der Waals surface area contributed by atoms with Crippen molar-refractivity contribution in [3.05, 3.63) is 70.8 Å². The number of amides is 1. The predicted octanol–water partition coefficient (Wildman–Crippen LogP) is 3.90. The summed E-state index contributed by atoms with van der Waals surface area (Å²) in [6, 6.07) is 12.4. The molecule has 0 radical (unpaired) electrons. The van der Waals surface area contributed by atoms with Crippen LogP contribution in [-0.2, 0) is 19.1 Å². The maximum absolute atomic E-state index is 12.7. The Bertz CT molecular complexity index is 709. The summed E-state index contributed by atoms with van der Waals surface area (Å²) in [6.45, 7) is 0.956. The first-order valence-corrected chi connectivity index (χ1v) is 6.98. The molecule has 2 nitrogen and oxygen atoms in total.